The number of H-pyrrole nitrogens is 2. The van der Waals surface area contributed by atoms with Gasteiger partial charge in [-0.2, -0.15) is 0 Å². The second kappa shape index (κ2) is 9.89. The molecule has 31 heavy (non-hydrogen) atoms. The van der Waals surface area contributed by atoms with Gasteiger partial charge >= 0.3 is 11.4 Å². The van der Waals surface area contributed by atoms with Crippen LogP contribution < -0.4 is 22.5 Å². The summed E-state index contributed by atoms with van der Waals surface area (Å²) in [5, 5.41) is 19.0. The summed E-state index contributed by atoms with van der Waals surface area (Å²) >= 11 is 0. The molecule has 2 heterocycles. The third kappa shape index (κ3) is 6.15. The fourth-order valence-corrected chi connectivity index (χ4v) is 2.80. The van der Waals surface area contributed by atoms with Crippen LogP contribution in [0.15, 0.2) is 43.9 Å². The van der Waals surface area contributed by atoms with Crippen molar-refractivity contribution in [3.05, 3.63) is 77.5 Å². The Morgan fingerprint density at radius 1 is 1.00 bits per heavy atom. The molecule has 2 rings (SSSR count). The molecule has 0 aliphatic carbocycles. The molecule has 0 bridgehead atoms. The molecule has 1 amide bonds. The summed E-state index contributed by atoms with van der Waals surface area (Å²) in [6.45, 7) is 6.38. The monoisotopic (exact) mass is 435 g/mol. The number of aromatic amines is 2. The third-order valence-electron chi connectivity index (χ3n) is 4.70. The van der Waals surface area contributed by atoms with E-state index in [1.54, 1.807) is 0 Å². The van der Waals surface area contributed by atoms with Gasteiger partial charge in [0.2, 0.25) is 5.91 Å². The standard InChI is InChI=1S/C19H25N5O7/c1-11-9-23(18(30)20-16(11)28)6-4-22(15(27)8-14(26)13(3)25)5-7-24-10-12(2)17(29)21-19(24)31/h9-10,14,25-26H,3-8H2,1-2H3,(H,20,28,30)(H,21,29,31). The number of hydrogen-bond donors (Lipinski definition) is 4. The third-order valence-corrected chi connectivity index (χ3v) is 4.70. The predicted octanol–water partition coefficient (Wildman–Crippen LogP) is -1.65. The van der Waals surface area contributed by atoms with Crippen LogP contribution in [0.4, 0.5) is 0 Å². The first-order valence-corrected chi connectivity index (χ1v) is 9.44. The van der Waals surface area contributed by atoms with E-state index < -0.39 is 46.7 Å². The van der Waals surface area contributed by atoms with Gasteiger partial charge in [0, 0.05) is 49.7 Å². The first-order chi connectivity index (χ1) is 14.5. The number of carbonyl (C=O) groups excluding carboxylic acids is 1. The highest BCUT2D eigenvalue weighted by molar-refractivity contribution is 5.77. The Labute approximate surface area is 175 Å². The van der Waals surface area contributed by atoms with Crippen molar-refractivity contribution in [1.82, 2.24) is 24.0 Å². The van der Waals surface area contributed by atoms with Crippen LogP contribution in [0.25, 0.3) is 0 Å². The SMILES string of the molecule is C=C(O)C(O)CC(=O)N(CCn1cc(C)c(=O)[nH]c1=O)CCn1cc(C)c(=O)[nH]c1=O. The van der Waals surface area contributed by atoms with E-state index in [0.29, 0.717) is 11.1 Å². The van der Waals surface area contributed by atoms with Crippen LogP contribution >= 0.6 is 0 Å². The predicted molar refractivity (Wildman–Crippen MR) is 111 cm³/mol. The molecule has 2 aromatic heterocycles. The van der Waals surface area contributed by atoms with Gasteiger partial charge in [0.05, 0.1) is 6.42 Å². The molecular formula is C19H25N5O7. The average Bonchev–Trinajstić information content (AvgIpc) is 2.68. The lowest BCUT2D eigenvalue weighted by atomic mass is 10.2. The van der Waals surface area contributed by atoms with Crippen molar-refractivity contribution in [2.24, 2.45) is 0 Å². The van der Waals surface area contributed by atoms with E-state index in [9.17, 15) is 34.2 Å². The van der Waals surface area contributed by atoms with Crippen molar-refractivity contribution in [3.8, 4) is 0 Å². The minimum Gasteiger partial charge on any atom is -0.510 e. The van der Waals surface area contributed by atoms with E-state index in [2.05, 4.69) is 16.5 Å². The van der Waals surface area contributed by atoms with Crippen LogP contribution in [0.1, 0.15) is 17.5 Å². The largest absolute Gasteiger partial charge is 0.510 e. The van der Waals surface area contributed by atoms with E-state index >= 15 is 0 Å². The normalized spacial score (nSPS) is 11.8. The summed E-state index contributed by atoms with van der Waals surface area (Å²) in [5.74, 6) is -1.11. The Morgan fingerprint density at radius 3 is 1.81 bits per heavy atom. The van der Waals surface area contributed by atoms with Gasteiger partial charge < -0.3 is 15.1 Å². The summed E-state index contributed by atoms with van der Waals surface area (Å²) in [7, 11) is 0. The van der Waals surface area contributed by atoms with Gasteiger partial charge in [0.1, 0.15) is 11.9 Å². The zero-order valence-electron chi connectivity index (χ0n) is 17.3. The maximum atomic E-state index is 12.6. The Bertz CT molecular complexity index is 1130. The number of carbonyl (C=O) groups is 1. The molecule has 168 valence electrons. The van der Waals surface area contributed by atoms with Gasteiger partial charge in [0.25, 0.3) is 11.1 Å². The first kappa shape index (κ1) is 23.6. The molecule has 0 saturated carbocycles. The number of aliphatic hydroxyl groups is 2. The Kier molecular flexibility index (Phi) is 7.53. The first-order valence-electron chi connectivity index (χ1n) is 9.44. The van der Waals surface area contributed by atoms with E-state index in [0.717, 1.165) is 0 Å². The quantitative estimate of drug-likeness (QED) is 0.342. The van der Waals surface area contributed by atoms with E-state index in [4.69, 9.17) is 0 Å². The molecule has 1 atom stereocenters. The van der Waals surface area contributed by atoms with Crippen LogP contribution in [0.3, 0.4) is 0 Å². The zero-order valence-corrected chi connectivity index (χ0v) is 17.3. The lowest BCUT2D eigenvalue weighted by Gasteiger charge is -2.24. The second-order valence-corrected chi connectivity index (χ2v) is 7.12. The molecule has 0 spiro atoms. The van der Waals surface area contributed by atoms with Gasteiger partial charge in [-0.25, -0.2) is 9.59 Å². The lowest BCUT2D eigenvalue weighted by Crippen LogP contribution is -2.42. The van der Waals surface area contributed by atoms with Gasteiger partial charge in [-0.1, -0.05) is 6.58 Å². The number of aryl methyl sites for hydroxylation is 2. The van der Waals surface area contributed by atoms with Gasteiger partial charge in [-0.3, -0.25) is 33.5 Å². The molecule has 0 fully saturated rings. The number of nitrogens with one attached hydrogen (secondary N) is 2. The maximum absolute atomic E-state index is 12.6. The van der Waals surface area contributed by atoms with E-state index in [1.165, 1.54) is 40.3 Å². The average molecular weight is 435 g/mol. The fraction of sp³-hybridized carbons (Fsp3) is 0.421. The number of amides is 1. The highest BCUT2D eigenvalue weighted by Gasteiger charge is 2.20. The van der Waals surface area contributed by atoms with Crippen molar-refractivity contribution in [2.45, 2.75) is 39.5 Å². The van der Waals surface area contributed by atoms with Crippen LogP contribution in [0, 0.1) is 13.8 Å². The van der Waals surface area contributed by atoms with Crippen molar-refractivity contribution in [3.63, 3.8) is 0 Å². The van der Waals surface area contributed by atoms with Crippen molar-refractivity contribution >= 4 is 5.91 Å². The number of rotatable bonds is 9. The Morgan fingerprint density at radius 2 is 1.42 bits per heavy atom. The van der Waals surface area contributed by atoms with Crippen LogP contribution in [0.5, 0.6) is 0 Å². The summed E-state index contributed by atoms with van der Waals surface area (Å²) in [5.41, 5.74) is -1.66. The van der Waals surface area contributed by atoms with Gasteiger partial charge in [-0.15, -0.1) is 0 Å². The molecule has 0 aliphatic heterocycles. The molecule has 0 aromatic carbocycles. The summed E-state index contributed by atoms with van der Waals surface area (Å²) in [6.07, 6.45) is 0.814. The molecule has 1 unspecified atom stereocenters. The molecule has 4 N–H and O–H groups in total. The van der Waals surface area contributed by atoms with Crippen LogP contribution in [-0.4, -0.2) is 59.3 Å². The highest BCUT2D eigenvalue weighted by Crippen LogP contribution is 2.05. The number of nitrogens with zero attached hydrogens (tertiary/aromatic N) is 3. The number of aliphatic hydroxyl groups excluding tert-OH is 2. The highest BCUT2D eigenvalue weighted by atomic mass is 16.3. The summed E-state index contributed by atoms with van der Waals surface area (Å²) in [6, 6.07) is 0. The van der Waals surface area contributed by atoms with Crippen molar-refractivity contribution in [1.29, 1.82) is 0 Å². The van der Waals surface area contributed by atoms with E-state index in [1.807, 2.05) is 0 Å². The van der Waals surface area contributed by atoms with Crippen LogP contribution in [0.2, 0.25) is 0 Å². The second-order valence-electron chi connectivity index (χ2n) is 7.12. The number of hydrogen-bond acceptors (Lipinski definition) is 7. The van der Waals surface area contributed by atoms with Crippen molar-refractivity contribution in [2.75, 3.05) is 13.1 Å². The number of aromatic nitrogens is 4. The van der Waals surface area contributed by atoms with Crippen molar-refractivity contribution < 1.29 is 15.0 Å². The Balaban J connectivity index is 2.22. The molecule has 0 radical (unpaired) electrons. The molecule has 0 aliphatic rings. The topological polar surface area (TPSA) is 170 Å². The molecule has 12 heteroatoms. The summed E-state index contributed by atoms with van der Waals surface area (Å²) in [4.78, 5) is 65.3. The molecular weight excluding hydrogens is 410 g/mol. The van der Waals surface area contributed by atoms with Gasteiger partial charge in [-0.05, 0) is 13.8 Å². The van der Waals surface area contributed by atoms with E-state index in [-0.39, 0.29) is 26.2 Å². The lowest BCUT2D eigenvalue weighted by molar-refractivity contribution is -0.133. The molecule has 2 aromatic rings. The molecule has 0 saturated heterocycles. The smallest absolute Gasteiger partial charge is 0.328 e. The fourth-order valence-electron chi connectivity index (χ4n) is 2.80. The molecule has 12 nitrogen and oxygen atoms in total. The Hall–Kier alpha value is -3.67. The van der Waals surface area contributed by atoms with Gasteiger partial charge in [0.15, 0.2) is 0 Å². The zero-order chi connectivity index (χ0) is 23.3. The minimum atomic E-state index is -1.47. The van der Waals surface area contributed by atoms with Crippen LogP contribution in [-0.2, 0) is 17.9 Å². The minimum absolute atomic E-state index is 0.0198. The summed E-state index contributed by atoms with van der Waals surface area (Å²) < 4.78 is 2.46. The maximum Gasteiger partial charge on any atom is 0.328 e.